The third-order valence-electron chi connectivity index (χ3n) is 3.17. The van der Waals surface area contributed by atoms with Gasteiger partial charge in [-0.1, -0.05) is 0 Å². The smallest absolute Gasteiger partial charge is 0.343 e. The second-order valence-corrected chi connectivity index (χ2v) is 5.51. The molecule has 0 radical (unpaired) electrons. The van der Waals surface area contributed by atoms with Gasteiger partial charge in [0, 0.05) is 12.1 Å². The lowest BCUT2D eigenvalue weighted by Crippen LogP contribution is -2.23. The molecule has 2 rings (SSSR count). The van der Waals surface area contributed by atoms with Crippen LogP contribution < -0.4 is 20.6 Å². The molecular weight excluding hydrogens is 372 g/mol. The Morgan fingerprint density at radius 2 is 2.00 bits per heavy atom. The molecule has 0 heterocycles. The number of nitrogens with zero attached hydrogens (tertiary/aromatic N) is 2. The normalized spacial score (nSPS) is 10.4. The number of nitro benzene ring substituents is 1. The predicted molar refractivity (Wildman–Crippen MR) is 103 cm³/mol. The fourth-order valence-electron chi connectivity index (χ4n) is 2.01. The van der Waals surface area contributed by atoms with Gasteiger partial charge in [0.2, 0.25) is 0 Å². The summed E-state index contributed by atoms with van der Waals surface area (Å²) in [6.07, 6.45) is 1.48. The van der Waals surface area contributed by atoms with Gasteiger partial charge in [-0.25, -0.2) is 4.79 Å². The van der Waals surface area contributed by atoms with Crippen LogP contribution in [0.5, 0.6) is 11.5 Å². The average Bonchev–Trinajstić information content (AvgIpc) is 2.63. The fourth-order valence-corrected chi connectivity index (χ4v) is 2.06. The molecule has 27 heavy (non-hydrogen) atoms. The Hall–Kier alpha value is -3.53. The number of esters is 1. The van der Waals surface area contributed by atoms with Gasteiger partial charge in [-0.3, -0.25) is 15.5 Å². The van der Waals surface area contributed by atoms with Gasteiger partial charge >= 0.3 is 5.97 Å². The molecule has 0 saturated carbocycles. The summed E-state index contributed by atoms with van der Waals surface area (Å²) in [7, 11) is 0. The molecule has 0 aliphatic carbocycles. The van der Waals surface area contributed by atoms with Crippen LogP contribution in [0.1, 0.15) is 22.8 Å². The molecule has 0 bridgehead atoms. The number of hydrazone groups is 1. The Kier molecular flexibility index (Phi) is 6.78. The fraction of sp³-hybridized carbons (Fsp3) is 0.118. The number of carbonyl (C=O) groups is 1. The first-order valence-corrected chi connectivity index (χ1v) is 8.13. The summed E-state index contributed by atoms with van der Waals surface area (Å²) in [4.78, 5) is 22.4. The van der Waals surface area contributed by atoms with Crippen LogP contribution in [0.25, 0.3) is 0 Å². The highest BCUT2D eigenvalue weighted by Crippen LogP contribution is 2.29. The molecule has 0 atom stereocenters. The maximum atomic E-state index is 12.3. The van der Waals surface area contributed by atoms with Gasteiger partial charge in [0.25, 0.3) is 5.69 Å². The van der Waals surface area contributed by atoms with Gasteiger partial charge in [0.1, 0.15) is 0 Å². The number of hydrogen-bond acceptors (Lipinski definition) is 7. The van der Waals surface area contributed by atoms with Crippen molar-refractivity contribution < 1.29 is 19.2 Å². The van der Waals surface area contributed by atoms with E-state index < -0.39 is 10.9 Å². The highest BCUT2D eigenvalue weighted by molar-refractivity contribution is 7.80. The van der Waals surface area contributed by atoms with Crippen LogP contribution in [0.4, 0.5) is 5.69 Å². The SMILES string of the molecule is CCOc1cc(/C=N/NC(N)=S)ccc1OC(=O)c1ccc([N+](=O)[O-])cc1. The summed E-state index contributed by atoms with van der Waals surface area (Å²) >= 11 is 4.65. The van der Waals surface area contributed by atoms with Crippen molar-refractivity contribution in [2.45, 2.75) is 6.92 Å². The zero-order chi connectivity index (χ0) is 19.8. The van der Waals surface area contributed by atoms with E-state index in [0.29, 0.717) is 17.9 Å². The summed E-state index contributed by atoms with van der Waals surface area (Å²) in [5.41, 5.74) is 8.44. The van der Waals surface area contributed by atoms with E-state index in [1.54, 1.807) is 25.1 Å². The molecule has 0 aliphatic heterocycles. The third-order valence-corrected chi connectivity index (χ3v) is 3.26. The Morgan fingerprint density at radius 1 is 1.30 bits per heavy atom. The minimum Gasteiger partial charge on any atom is -0.490 e. The molecule has 0 unspecified atom stereocenters. The van der Waals surface area contributed by atoms with Crippen LogP contribution in [0.2, 0.25) is 0 Å². The van der Waals surface area contributed by atoms with E-state index in [-0.39, 0.29) is 22.1 Å². The first-order chi connectivity index (χ1) is 12.9. The monoisotopic (exact) mass is 388 g/mol. The van der Waals surface area contributed by atoms with Crippen LogP contribution in [-0.4, -0.2) is 28.8 Å². The Balaban J connectivity index is 2.18. The highest BCUT2D eigenvalue weighted by Gasteiger charge is 2.14. The lowest BCUT2D eigenvalue weighted by atomic mass is 10.2. The molecular formula is C17H16N4O5S. The van der Waals surface area contributed by atoms with Crippen molar-refractivity contribution in [1.82, 2.24) is 5.43 Å². The van der Waals surface area contributed by atoms with E-state index in [2.05, 4.69) is 22.7 Å². The summed E-state index contributed by atoms with van der Waals surface area (Å²) in [5, 5.41) is 14.6. The minimum absolute atomic E-state index is 0.0323. The van der Waals surface area contributed by atoms with Gasteiger partial charge in [-0.2, -0.15) is 5.10 Å². The predicted octanol–water partition coefficient (Wildman–Crippen LogP) is 2.38. The van der Waals surface area contributed by atoms with Gasteiger partial charge in [-0.05, 0) is 55.0 Å². The second-order valence-electron chi connectivity index (χ2n) is 5.07. The van der Waals surface area contributed by atoms with Gasteiger partial charge in [0.05, 0.1) is 23.3 Å². The Bertz CT molecular complexity index is 883. The Labute approximate surface area is 159 Å². The summed E-state index contributed by atoms with van der Waals surface area (Å²) < 4.78 is 10.8. The summed E-state index contributed by atoms with van der Waals surface area (Å²) in [6, 6.07) is 9.95. The number of nitrogens with one attached hydrogen (secondary N) is 1. The number of nitrogens with two attached hydrogens (primary N) is 1. The van der Waals surface area contributed by atoms with E-state index in [1.807, 2.05) is 0 Å². The van der Waals surface area contributed by atoms with Crippen molar-refractivity contribution in [3.8, 4) is 11.5 Å². The van der Waals surface area contributed by atoms with Gasteiger partial charge in [0.15, 0.2) is 16.6 Å². The standard InChI is InChI=1S/C17H16N4O5S/c1-2-25-15-9-11(10-19-20-17(18)27)3-8-14(15)26-16(22)12-4-6-13(7-5-12)21(23)24/h3-10H,2H2,1H3,(H3,18,20,27)/b19-10+. The molecule has 0 amide bonds. The van der Waals surface area contributed by atoms with Crippen LogP contribution in [0.3, 0.4) is 0 Å². The van der Waals surface area contributed by atoms with E-state index >= 15 is 0 Å². The van der Waals surface area contributed by atoms with Crippen LogP contribution in [-0.2, 0) is 0 Å². The maximum absolute atomic E-state index is 12.3. The third kappa shape index (κ3) is 5.75. The highest BCUT2D eigenvalue weighted by atomic mass is 32.1. The molecule has 3 N–H and O–H groups in total. The first kappa shape index (κ1) is 19.8. The molecule has 0 aliphatic rings. The molecule has 2 aromatic rings. The topological polar surface area (TPSA) is 129 Å². The largest absolute Gasteiger partial charge is 0.490 e. The first-order valence-electron chi connectivity index (χ1n) is 7.72. The van der Waals surface area contributed by atoms with Crippen molar-refractivity contribution in [1.29, 1.82) is 0 Å². The zero-order valence-corrected chi connectivity index (χ0v) is 15.1. The van der Waals surface area contributed by atoms with Gasteiger partial charge in [-0.15, -0.1) is 0 Å². The molecule has 2 aromatic carbocycles. The van der Waals surface area contributed by atoms with Crippen molar-refractivity contribution in [3.05, 3.63) is 63.7 Å². The number of nitro groups is 1. The van der Waals surface area contributed by atoms with E-state index in [0.717, 1.165) is 0 Å². The number of carbonyl (C=O) groups excluding carboxylic acids is 1. The molecule has 10 heteroatoms. The molecule has 0 saturated heterocycles. The van der Waals surface area contributed by atoms with Crippen molar-refractivity contribution in [3.63, 3.8) is 0 Å². The van der Waals surface area contributed by atoms with Crippen molar-refractivity contribution >= 4 is 35.2 Å². The second kappa shape index (κ2) is 9.25. The molecule has 0 fully saturated rings. The number of ether oxygens (including phenoxy) is 2. The van der Waals surface area contributed by atoms with Crippen LogP contribution in [0.15, 0.2) is 47.6 Å². The van der Waals surface area contributed by atoms with Gasteiger partial charge < -0.3 is 15.2 Å². The molecule has 0 aromatic heterocycles. The molecule has 0 spiro atoms. The van der Waals surface area contributed by atoms with Crippen molar-refractivity contribution in [2.75, 3.05) is 6.61 Å². The number of rotatable bonds is 7. The number of thiocarbonyl (C=S) groups is 1. The minimum atomic E-state index is -0.664. The van der Waals surface area contributed by atoms with E-state index in [4.69, 9.17) is 15.2 Å². The average molecular weight is 388 g/mol. The zero-order valence-electron chi connectivity index (χ0n) is 14.2. The number of benzene rings is 2. The molecule has 9 nitrogen and oxygen atoms in total. The summed E-state index contributed by atoms with van der Waals surface area (Å²) in [6.45, 7) is 2.14. The maximum Gasteiger partial charge on any atom is 0.343 e. The van der Waals surface area contributed by atoms with Crippen LogP contribution in [0, 0.1) is 10.1 Å². The number of non-ortho nitro benzene ring substituents is 1. The van der Waals surface area contributed by atoms with Crippen LogP contribution >= 0.6 is 12.2 Å². The van der Waals surface area contributed by atoms with E-state index in [9.17, 15) is 14.9 Å². The number of hydrogen-bond donors (Lipinski definition) is 2. The molecule has 140 valence electrons. The van der Waals surface area contributed by atoms with E-state index in [1.165, 1.54) is 30.5 Å². The summed E-state index contributed by atoms with van der Waals surface area (Å²) in [5.74, 6) is -0.117. The lowest BCUT2D eigenvalue weighted by molar-refractivity contribution is -0.384. The van der Waals surface area contributed by atoms with Crippen molar-refractivity contribution in [2.24, 2.45) is 10.8 Å². The Morgan fingerprint density at radius 3 is 2.59 bits per heavy atom. The quantitative estimate of drug-likeness (QED) is 0.185. The lowest BCUT2D eigenvalue weighted by Gasteiger charge is -2.11.